The molecule has 1 N–H and O–H groups in total. The maximum atomic E-state index is 12.2. The molecule has 1 aromatic rings. The number of amides is 3. The second-order valence-corrected chi connectivity index (χ2v) is 5.68. The van der Waals surface area contributed by atoms with Gasteiger partial charge in [-0.1, -0.05) is 30.3 Å². The highest BCUT2D eigenvalue weighted by atomic mass is 16.2. The lowest BCUT2D eigenvalue weighted by atomic mass is 10.1. The van der Waals surface area contributed by atoms with Gasteiger partial charge >= 0.3 is 0 Å². The first-order chi connectivity index (χ1) is 11.1. The van der Waals surface area contributed by atoms with Crippen LogP contribution in [-0.4, -0.2) is 60.2 Å². The third-order valence-electron chi connectivity index (χ3n) is 3.94. The van der Waals surface area contributed by atoms with Crippen molar-refractivity contribution in [3.05, 3.63) is 35.9 Å². The summed E-state index contributed by atoms with van der Waals surface area (Å²) in [5.74, 6) is -0.225. The van der Waals surface area contributed by atoms with Crippen molar-refractivity contribution in [1.29, 1.82) is 0 Å². The predicted octanol–water partition coefficient (Wildman–Crippen LogP) is 0.426. The van der Waals surface area contributed by atoms with Crippen LogP contribution < -0.4 is 5.32 Å². The third-order valence-corrected chi connectivity index (χ3v) is 3.94. The SMILES string of the molecule is CC(=O)N1CCCN(C(=O)CNC(=O)Cc2ccccc2)CC1. The summed E-state index contributed by atoms with van der Waals surface area (Å²) in [6.45, 7) is 3.93. The van der Waals surface area contributed by atoms with Gasteiger partial charge in [-0.15, -0.1) is 0 Å². The zero-order valence-corrected chi connectivity index (χ0v) is 13.5. The van der Waals surface area contributed by atoms with E-state index in [1.807, 2.05) is 30.3 Å². The van der Waals surface area contributed by atoms with Crippen LogP contribution in [0.25, 0.3) is 0 Å². The molecule has 2 rings (SSSR count). The Hall–Kier alpha value is -2.37. The Balaban J connectivity index is 1.76. The van der Waals surface area contributed by atoms with E-state index in [4.69, 9.17) is 0 Å². The van der Waals surface area contributed by atoms with Crippen LogP contribution in [0.3, 0.4) is 0 Å². The van der Waals surface area contributed by atoms with Crippen LogP contribution >= 0.6 is 0 Å². The number of benzene rings is 1. The molecule has 0 radical (unpaired) electrons. The quantitative estimate of drug-likeness (QED) is 0.875. The van der Waals surface area contributed by atoms with Crippen LogP contribution in [0.15, 0.2) is 30.3 Å². The first-order valence-electron chi connectivity index (χ1n) is 7.90. The van der Waals surface area contributed by atoms with Gasteiger partial charge in [0.1, 0.15) is 0 Å². The summed E-state index contributed by atoms with van der Waals surface area (Å²) in [5.41, 5.74) is 0.921. The van der Waals surface area contributed by atoms with Crippen LogP contribution in [0.4, 0.5) is 0 Å². The fourth-order valence-corrected chi connectivity index (χ4v) is 2.61. The molecular formula is C17H23N3O3. The van der Waals surface area contributed by atoms with Gasteiger partial charge in [-0.25, -0.2) is 0 Å². The summed E-state index contributed by atoms with van der Waals surface area (Å²) < 4.78 is 0. The Labute approximate surface area is 136 Å². The Kier molecular flexibility index (Phi) is 6.14. The molecule has 1 heterocycles. The molecule has 124 valence electrons. The molecule has 1 aliphatic heterocycles. The van der Waals surface area contributed by atoms with Gasteiger partial charge < -0.3 is 15.1 Å². The van der Waals surface area contributed by atoms with E-state index in [0.717, 1.165) is 12.0 Å². The number of hydrogen-bond acceptors (Lipinski definition) is 3. The largest absolute Gasteiger partial charge is 0.347 e. The van der Waals surface area contributed by atoms with Gasteiger partial charge in [0.2, 0.25) is 17.7 Å². The number of carbonyl (C=O) groups excluding carboxylic acids is 3. The second-order valence-electron chi connectivity index (χ2n) is 5.68. The molecule has 6 nitrogen and oxygen atoms in total. The monoisotopic (exact) mass is 317 g/mol. The van der Waals surface area contributed by atoms with Crippen LogP contribution in [0.5, 0.6) is 0 Å². The van der Waals surface area contributed by atoms with Gasteiger partial charge in [-0.2, -0.15) is 0 Å². The fourth-order valence-electron chi connectivity index (χ4n) is 2.61. The van der Waals surface area contributed by atoms with Crippen molar-refractivity contribution >= 4 is 17.7 Å². The van der Waals surface area contributed by atoms with Gasteiger partial charge in [0.25, 0.3) is 0 Å². The van der Waals surface area contributed by atoms with Crippen LogP contribution in [0, 0.1) is 0 Å². The Morgan fingerprint density at radius 1 is 1.00 bits per heavy atom. The Bertz CT molecular complexity index is 559. The normalized spacial score (nSPS) is 15.0. The van der Waals surface area contributed by atoms with Crippen LogP contribution in [0.1, 0.15) is 18.9 Å². The van der Waals surface area contributed by atoms with E-state index in [0.29, 0.717) is 26.2 Å². The zero-order valence-electron chi connectivity index (χ0n) is 13.5. The topological polar surface area (TPSA) is 69.7 Å². The molecular weight excluding hydrogens is 294 g/mol. The molecule has 0 saturated carbocycles. The summed E-state index contributed by atoms with van der Waals surface area (Å²) in [6, 6.07) is 9.42. The molecule has 1 aromatic carbocycles. The molecule has 0 atom stereocenters. The van der Waals surface area contributed by atoms with E-state index in [9.17, 15) is 14.4 Å². The molecule has 1 saturated heterocycles. The molecule has 0 aliphatic carbocycles. The Morgan fingerprint density at radius 3 is 2.35 bits per heavy atom. The van der Waals surface area contributed by atoms with Gasteiger partial charge in [0.15, 0.2) is 0 Å². The third kappa shape index (κ3) is 5.39. The standard InChI is InChI=1S/C17H23N3O3/c1-14(21)19-8-5-9-20(11-10-19)17(23)13-18-16(22)12-15-6-3-2-4-7-15/h2-4,6-7H,5,8-13H2,1H3,(H,18,22). The van der Waals surface area contributed by atoms with Crippen molar-refractivity contribution < 1.29 is 14.4 Å². The predicted molar refractivity (Wildman–Crippen MR) is 86.6 cm³/mol. The minimum Gasteiger partial charge on any atom is -0.347 e. The number of nitrogens with zero attached hydrogens (tertiary/aromatic N) is 2. The highest BCUT2D eigenvalue weighted by Gasteiger charge is 2.20. The number of nitrogens with one attached hydrogen (secondary N) is 1. The van der Waals surface area contributed by atoms with Crippen molar-refractivity contribution in [3.63, 3.8) is 0 Å². The summed E-state index contributed by atoms with van der Waals surface area (Å²) >= 11 is 0. The molecule has 0 aromatic heterocycles. The number of hydrogen-bond donors (Lipinski definition) is 1. The number of rotatable bonds is 4. The van der Waals surface area contributed by atoms with E-state index in [1.165, 1.54) is 0 Å². The van der Waals surface area contributed by atoms with E-state index in [-0.39, 0.29) is 30.7 Å². The van der Waals surface area contributed by atoms with E-state index in [2.05, 4.69) is 5.32 Å². The zero-order chi connectivity index (χ0) is 16.7. The molecule has 0 unspecified atom stereocenters. The van der Waals surface area contributed by atoms with Crippen molar-refractivity contribution in [2.75, 3.05) is 32.7 Å². The van der Waals surface area contributed by atoms with Gasteiger partial charge in [-0.05, 0) is 12.0 Å². The molecule has 6 heteroatoms. The van der Waals surface area contributed by atoms with Gasteiger partial charge in [0, 0.05) is 33.1 Å². The average molecular weight is 317 g/mol. The number of carbonyl (C=O) groups is 3. The summed E-state index contributed by atoms with van der Waals surface area (Å²) in [5, 5.41) is 2.67. The minimum absolute atomic E-state index is 0.00569. The molecule has 1 aliphatic rings. The minimum atomic E-state index is -0.162. The van der Waals surface area contributed by atoms with Crippen molar-refractivity contribution in [1.82, 2.24) is 15.1 Å². The van der Waals surface area contributed by atoms with Gasteiger partial charge in [-0.3, -0.25) is 14.4 Å². The smallest absolute Gasteiger partial charge is 0.242 e. The first-order valence-corrected chi connectivity index (χ1v) is 7.90. The molecule has 1 fully saturated rings. The first kappa shape index (κ1) is 17.0. The fraction of sp³-hybridized carbons (Fsp3) is 0.471. The maximum Gasteiger partial charge on any atom is 0.242 e. The average Bonchev–Trinajstić information content (AvgIpc) is 2.80. The van der Waals surface area contributed by atoms with E-state index < -0.39 is 0 Å². The summed E-state index contributed by atoms with van der Waals surface area (Å²) in [6.07, 6.45) is 1.04. The summed E-state index contributed by atoms with van der Waals surface area (Å²) in [4.78, 5) is 38.9. The van der Waals surface area contributed by atoms with Crippen molar-refractivity contribution in [2.24, 2.45) is 0 Å². The van der Waals surface area contributed by atoms with E-state index >= 15 is 0 Å². The molecule has 23 heavy (non-hydrogen) atoms. The highest BCUT2D eigenvalue weighted by Crippen LogP contribution is 2.04. The second kappa shape index (κ2) is 8.31. The molecule has 0 bridgehead atoms. The van der Waals surface area contributed by atoms with Crippen molar-refractivity contribution in [2.45, 2.75) is 19.8 Å². The molecule has 3 amide bonds. The lowest BCUT2D eigenvalue weighted by Crippen LogP contribution is -2.42. The Morgan fingerprint density at radius 2 is 1.65 bits per heavy atom. The summed E-state index contributed by atoms with van der Waals surface area (Å²) in [7, 11) is 0. The van der Waals surface area contributed by atoms with Gasteiger partial charge in [0.05, 0.1) is 13.0 Å². The van der Waals surface area contributed by atoms with Crippen LogP contribution in [-0.2, 0) is 20.8 Å². The highest BCUT2D eigenvalue weighted by molar-refractivity contribution is 5.85. The lowest BCUT2D eigenvalue weighted by Gasteiger charge is -2.21. The van der Waals surface area contributed by atoms with Crippen LogP contribution in [0.2, 0.25) is 0 Å². The molecule has 0 spiro atoms. The maximum absolute atomic E-state index is 12.2. The van der Waals surface area contributed by atoms with Crippen molar-refractivity contribution in [3.8, 4) is 0 Å². The van der Waals surface area contributed by atoms with E-state index in [1.54, 1.807) is 16.7 Å². The lowest BCUT2D eigenvalue weighted by molar-refractivity contribution is -0.133.